The van der Waals surface area contributed by atoms with E-state index in [2.05, 4.69) is 19.9 Å². The monoisotopic (exact) mass is 290 g/mol. The van der Waals surface area contributed by atoms with Crippen LogP contribution in [-0.2, 0) is 0 Å². The minimum atomic E-state index is -0.463. The summed E-state index contributed by atoms with van der Waals surface area (Å²) in [7, 11) is 0. The zero-order valence-electron chi connectivity index (χ0n) is 13.5. The summed E-state index contributed by atoms with van der Waals surface area (Å²) in [4.78, 5) is 0. The number of hydrogen-bond acceptors (Lipinski definition) is 2. The molecule has 0 amide bonds. The molecule has 3 saturated carbocycles. The lowest BCUT2D eigenvalue weighted by molar-refractivity contribution is -0.104. The molecule has 7 atom stereocenters. The predicted molar refractivity (Wildman–Crippen MR) is 83.7 cm³/mol. The van der Waals surface area contributed by atoms with Crippen molar-refractivity contribution >= 4 is 0 Å². The molecule has 2 heteroatoms. The van der Waals surface area contributed by atoms with Gasteiger partial charge in [-0.2, -0.15) is 0 Å². The van der Waals surface area contributed by atoms with E-state index in [0.717, 1.165) is 37.0 Å². The first-order chi connectivity index (χ1) is 9.92. The lowest BCUT2D eigenvalue weighted by atomic mass is 9.51. The van der Waals surface area contributed by atoms with Crippen LogP contribution in [0.25, 0.3) is 0 Å². The van der Waals surface area contributed by atoms with Gasteiger partial charge < -0.3 is 10.2 Å². The van der Waals surface area contributed by atoms with Crippen molar-refractivity contribution in [3.05, 3.63) is 11.6 Å². The molecular weight excluding hydrogens is 260 g/mol. The Morgan fingerprint density at radius 3 is 2.67 bits per heavy atom. The third-order valence-electron chi connectivity index (χ3n) is 7.98. The van der Waals surface area contributed by atoms with Gasteiger partial charge >= 0.3 is 0 Å². The van der Waals surface area contributed by atoms with Crippen LogP contribution >= 0.6 is 0 Å². The summed E-state index contributed by atoms with van der Waals surface area (Å²) < 4.78 is 0. The van der Waals surface area contributed by atoms with Crippen LogP contribution < -0.4 is 0 Å². The average Bonchev–Trinajstić information content (AvgIpc) is 2.69. The van der Waals surface area contributed by atoms with Gasteiger partial charge in [-0.3, -0.25) is 0 Å². The SMILES string of the molecule is C[C@]1(O)CCC2[C@@H]3CC=C4C[C@@H](O)CC[C@@H]4C3CC[C@@]21C. The third-order valence-corrected chi connectivity index (χ3v) is 7.98. The smallest absolute Gasteiger partial charge is 0.0675 e. The molecule has 0 aromatic carbocycles. The quantitative estimate of drug-likeness (QED) is 0.668. The Labute approximate surface area is 128 Å². The Balaban J connectivity index is 1.63. The van der Waals surface area contributed by atoms with Gasteiger partial charge in [0.25, 0.3) is 0 Å². The molecule has 4 aliphatic rings. The summed E-state index contributed by atoms with van der Waals surface area (Å²) in [6, 6.07) is 0. The van der Waals surface area contributed by atoms with Gasteiger partial charge in [0.05, 0.1) is 11.7 Å². The van der Waals surface area contributed by atoms with Crippen molar-refractivity contribution < 1.29 is 10.2 Å². The van der Waals surface area contributed by atoms with Crippen molar-refractivity contribution in [3.8, 4) is 0 Å². The highest BCUT2D eigenvalue weighted by Gasteiger charge is 2.60. The zero-order chi connectivity index (χ0) is 14.8. The summed E-state index contributed by atoms with van der Waals surface area (Å²) in [5, 5.41) is 20.8. The van der Waals surface area contributed by atoms with E-state index in [0.29, 0.717) is 5.92 Å². The Hall–Kier alpha value is -0.340. The fraction of sp³-hybridized carbons (Fsp3) is 0.895. The van der Waals surface area contributed by atoms with Crippen molar-refractivity contribution in [1.82, 2.24) is 0 Å². The van der Waals surface area contributed by atoms with E-state index in [9.17, 15) is 10.2 Å². The Morgan fingerprint density at radius 2 is 1.86 bits per heavy atom. The largest absolute Gasteiger partial charge is 0.393 e. The maximum atomic E-state index is 10.9. The number of allylic oxidation sites excluding steroid dienone is 1. The minimum Gasteiger partial charge on any atom is -0.393 e. The van der Waals surface area contributed by atoms with Crippen molar-refractivity contribution in [1.29, 1.82) is 0 Å². The highest BCUT2D eigenvalue weighted by Crippen LogP contribution is 2.64. The van der Waals surface area contributed by atoms with E-state index in [1.165, 1.54) is 32.1 Å². The van der Waals surface area contributed by atoms with Crippen LogP contribution in [0.1, 0.15) is 65.2 Å². The Morgan fingerprint density at radius 1 is 1.05 bits per heavy atom. The van der Waals surface area contributed by atoms with Crippen molar-refractivity contribution in [2.75, 3.05) is 0 Å². The van der Waals surface area contributed by atoms with Gasteiger partial charge in [-0.05, 0) is 87.4 Å². The second-order valence-electron chi connectivity index (χ2n) is 8.76. The van der Waals surface area contributed by atoms with E-state index in [-0.39, 0.29) is 11.5 Å². The van der Waals surface area contributed by atoms with Crippen molar-refractivity contribution in [2.24, 2.45) is 29.1 Å². The van der Waals surface area contributed by atoms with Crippen molar-refractivity contribution in [3.63, 3.8) is 0 Å². The highest BCUT2D eigenvalue weighted by molar-refractivity contribution is 5.21. The van der Waals surface area contributed by atoms with E-state index in [1.807, 2.05) is 0 Å². The molecule has 2 unspecified atom stereocenters. The molecule has 0 bridgehead atoms. The van der Waals surface area contributed by atoms with E-state index >= 15 is 0 Å². The first-order valence-electron chi connectivity index (χ1n) is 9.02. The molecule has 4 aliphatic carbocycles. The molecule has 3 fully saturated rings. The molecule has 0 radical (unpaired) electrons. The molecule has 4 rings (SSSR count). The molecule has 0 spiro atoms. The molecule has 21 heavy (non-hydrogen) atoms. The standard InChI is InChI=1S/C19H30O2/c1-18-9-7-15-14-6-4-13(20)11-12(14)3-5-16(15)17(18)8-10-19(18,2)21/h3,13-17,20-21H,4-11H2,1-2H3/t13-,14-,15?,16+,17?,18-,19-/m0/s1. The van der Waals surface area contributed by atoms with Gasteiger partial charge in [0.15, 0.2) is 0 Å². The van der Waals surface area contributed by atoms with E-state index < -0.39 is 5.60 Å². The number of rotatable bonds is 0. The van der Waals surface area contributed by atoms with Crippen LogP contribution in [0.15, 0.2) is 11.6 Å². The summed E-state index contributed by atoms with van der Waals surface area (Å²) in [5.41, 5.74) is 1.23. The Bertz CT molecular complexity index is 466. The maximum Gasteiger partial charge on any atom is 0.0675 e. The lowest BCUT2D eigenvalue weighted by Crippen LogP contribution is -2.51. The Kier molecular flexibility index (Phi) is 3.11. The molecule has 0 saturated heterocycles. The van der Waals surface area contributed by atoms with Crippen LogP contribution in [0.4, 0.5) is 0 Å². The fourth-order valence-electron chi connectivity index (χ4n) is 6.49. The maximum absolute atomic E-state index is 10.9. The van der Waals surface area contributed by atoms with Gasteiger partial charge in [0.2, 0.25) is 0 Å². The summed E-state index contributed by atoms with van der Waals surface area (Å²) >= 11 is 0. The van der Waals surface area contributed by atoms with Crippen LogP contribution in [0.2, 0.25) is 0 Å². The first kappa shape index (κ1) is 14.3. The molecule has 0 heterocycles. The van der Waals surface area contributed by atoms with Crippen LogP contribution in [0.5, 0.6) is 0 Å². The fourth-order valence-corrected chi connectivity index (χ4v) is 6.49. The summed E-state index contributed by atoms with van der Waals surface area (Å²) in [5.74, 6) is 3.05. The minimum absolute atomic E-state index is 0.0925. The first-order valence-corrected chi connectivity index (χ1v) is 9.02. The lowest BCUT2D eigenvalue weighted by Gasteiger charge is -2.54. The van der Waals surface area contributed by atoms with Gasteiger partial charge in [0, 0.05) is 0 Å². The van der Waals surface area contributed by atoms with Crippen LogP contribution in [-0.4, -0.2) is 21.9 Å². The van der Waals surface area contributed by atoms with Gasteiger partial charge in [-0.15, -0.1) is 0 Å². The van der Waals surface area contributed by atoms with Crippen molar-refractivity contribution in [2.45, 2.75) is 76.9 Å². The molecule has 0 aliphatic heterocycles. The molecular formula is C19H30O2. The normalized spacial score (nSPS) is 56.2. The van der Waals surface area contributed by atoms with Crippen LogP contribution in [0.3, 0.4) is 0 Å². The zero-order valence-corrected chi connectivity index (χ0v) is 13.5. The average molecular weight is 290 g/mol. The molecule has 0 aromatic heterocycles. The molecule has 2 nitrogen and oxygen atoms in total. The van der Waals surface area contributed by atoms with E-state index in [4.69, 9.17) is 0 Å². The van der Waals surface area contributed by atoms with Gasteiger partial charge in [-0.25, -0.2) is 0 Å². The topological polar surface area (TPSA) is 40.5 Å². The third kappa shape index (κ3) is 1.91. The second-order valence-corrected chi connectivity index (χ2v) is 8.76. The second kappa shape index (κ2) is 4.58. The highest BCUT2D eigenvalue weighted by atomic mass is 16.3. The summed E-state index contributed by atoms with van der Waals surface area (Å²) in [6.07, 6.45) is 11.3. The number of aliphatic hydroxyl groups excluding tert-OH is 1. The van der Waals surface area contributed by atoms with Crippen LogP contribution in [0, 0.1) is 29.1 Å². The number of aliphatic hydroxyl groups is 2. The number of hydrogen-bond donors (Lipinski definition) is 2. The molecule has 118 valence electrons. The predicted octanol–water partition coefficient (Wildman–Crippen LogP) is 3.67. The van der Waals surface area contributed by atoms with Gasteiger partial charge in [-0.1, -0.05) is 18.6 Å². The molecule has 0 aromatic rings. The summed E-state index contributed by atoms with van der Waals surface area (Å²) in [6.45, 7) is 4.43. The number of fused-ring (bicyclic) bond motifs is 5. The van der Waals surface area contributed by atoms with E-state index in [1.54, 1.807) is 5.57 Å². The molecule has 2 N–H and O–H groups in total. The van der Waals surface area contributed by atoms with Gasteiger partial charge in [0.1, 0.15) is 0 Å².